The summed E-state index contributed by atoms with van der Waals surface area (Å²) < 4.78 is 0. The molecule has 0 aromatic heterocycles. The molecule has 3 heteroatoms. The van der Waals surface area contributed by atoms with Gasteiger partial charge in [-0.1, -0.05) is 6.92 Å². The molecule has 1 aliphatic heterocycles. The van der Waals surface area contributed by atoms with Crippen LogP contribution in [0.25, 0.3) is 0 Å². The van der Waals surface area contributed by atoms with Crippen LogP contribution in [0.2, 0.25) is 0 Å². The molecule has 1 rings (SSSR count). The molecule has 2 unspecified atom stereocenters. The first-order valence-electron chi connectivity index (χ1n) is 5.17. The van der Waals surface area contributed by atoms with E-state index in [0.29, 0.717) is 24.4 Å². The molecule has 1 N–H and O–H groups in total. The van der Waals surface area contributed by atoms with Crippen molar-refractivity contribution >= 4 is 5.91 Å². The third kappa shape index (κ3) is 2.99. The van der Waals surface area contributed by atoms with E-state index in [9.17, 15) is 4.79 Å². The van der Waals surface area contributed by atoms with Crippen molar-refractivity contribution in [3.05, 3.63) is 0 Å². The highest BCUT2D eigenvalue weighted by Crippen LogP contribution is 2.06. The Balaban J connectivity index is 2.45. The van der Waals surface area contributed by atoms with Crippen molar-refractivity contribution in [2.45, 2.75) is 45.7 Å². The van der Waals surface area contributed by atoms with Gasteiger partial charge in [0, 0.05) is 31.6 Å². The van der Waals surface area contributed by atoms with Crippen LogP contribution < -0.4 is 5.32 Å². The Labute approximate surface area is 80.5 Å². The molecule has 0 saturated carbocycles. The van der Waals surface area contributed by atoms with E-state index in [1.165, 1.54) is 0 Å². The molecule has 1 saturated heterocycles. The summed E-state index contributed by atoms with van der Waals surface area (Å²) in [4.78, 5) is 13.6. The lowest BCUT2D eigenvalue weighted by Gasteiger charge is -2.36. The van der Waals surface area contributed by atoms with Crippen LogP contribution in [-0.4, -0.2) is 36.0 Å². The number of carbonyl (C=O) groups is 1. The minimum absolute atomic E-state index is 0.308. The van der Waals surface area contributed by atoms with Gasteiger partial charge in [-0.15, -0.1) is 0 Å². The molecule has 3 nitrogen and oxygen atoms in total. The second-order valence-electron chi connectivity index (χ2n) is 4.02. The van der Waals surface area contributed by atoms with E-state index in [0.717, 1.165) is 19.5 Å². The highest BCUT2D eigenvalue weighted by molar-refractivity contribution is 5.76. The third-order valence-corrected chi connectivity index (χ3v) is 2.37. The molecule has 0 aromatic carbocycles. The SMILES string of the molecule is CCCC(=O)N1CC(C)NC(C)C1. The average Bonchev–Trinajstić information content (AvgIpc) is 2.03. The molecule has 0 aliphatic carbocycles. The maximum atomic E-state index is 11.6. The van der Waals surface area contributed by atoms with Gasteiger partial charge in [-0.05, 0) is 20.3 Å². The van der Waals surface area contributed by atoms with Gasteiger partial charge in [0.15, 0.2) is 0 Å². The average molecular weight is 184 g/mol. The highest BCUT2D eigenvalue weighted by Gasteiger charge is 2.23. The van der Waals surface area contributed by atoms with Gasteiger partial charge in [0.25, 0.3) is 0 Å². The molecule has 0 bridgehead atoms. The minimum Gasteiger partial charge on any atom is -0.340 e. The summed E-state index contributed by atoms with van der Waals surface area (Å²) in [5.74, 6) is 0.308. The van der Waals surface area contributed by atoms with E-state index in [1.54, 1.807) is 0 Å². The molecule has 1 aliphatic rings. The first-order valence-corrected chi connectivity index (χ1v) is 5.17. The topological polar surface area (TPSA) is 32.3 Å². The van der Waals surface area contributed by atoms with Gasteiger partial charge in [0.1, 0.15) is 0 Å². The van der Waals surface area contributed by atoms with E-state index in [1.807, 2.05) is 11.8 Å². The third-order valence-electron chi connectivity index (χ3n) is 2.37. The Bertz CT molecular complexity index is 172. The van der Waals surface area contributed by atoms with Gasteiger partial charge in [0.2, 0.25) is 5.91 Å². The van der Waals surface area contributed by atoms with Crippen molar-refractivity contribution in [2.75, 3.05) is 13.1 Å². The van der Waals surface area contributed by atoms with Crippen LogP contribution in [0.15, 0.2) is 0 Å². The smallest absolute Gasteiger partial charge is 0.222 e. The normalized spacial score (nSPS) is 29.0. The first-order chi connectivity index (χ1) is 6.13. The summed E-state index contributed by atoms with van der Waals surface area (Å²) in [5, 5.41) is 3.41. The van der Waals surface area contributed by atoms with Gasteiger partial charge in [-0.2, -0.15) is 0 Å². The molecular formula is C10H20N2O. The Morgan fingerprint density at radius 1 is 1.38 bits per heavy atom. The Morgan fingerprint density at radius 2 is 1.92 bits per heavy atom. The monoisotopic (exact) mass is 184 g/mol. The maximum absolute atomic E-state index is 11.6. The fraction of sp³-hybridized carbons (Fsp3) is 0.900. The zero-order valence-corrected chi connectivity index (χ0v) is 8.84. The molecule has 2 atom stereocenters. The van der Waals surface area contributed by atoms with E-state index >= 15 is 0 Å². The van der Waals surface area contributed by atoms with Crippen molar-refractivity contribution in [2.24, 2.45) is 0 Å². The number of carbonyl (C=O) groups excluding carboxylic acids is 1. The van der Waals surface area contributed by atoms with Crippen LogP contribution >= 0.6 is 0 Å². The summed E-state index contributed by atoms with van der Waals surface area (Å²) in [6.45, 7) is 8.03. The summed E-state index contributed by atoms with van der Waals surface area (Å²) in [6.07, 6.45) is 1.64. The predicted octanol–water partition coefficient (Wildman–Crippen LogP) is 0.995. The number of rotatable bonds is 2. The Morgan fingerprint density at radius 3 is 2.38 bits per heavy atom. The Hall–Kier alpha value is -0.570. The number of hydrogen-bond acceptors (Lipinski definition) is 2. The van der Waals surface area contributed by atoms with E-state index < -0.39 is 0 Å². The van der Waals surface area contributed by atoms with E-state index in [-0.39, 0.29) is 0 Å². The summed E-state index contributed by atoms with van der Waals surface area (Å²) in [7, 11) is 0. The zero-order valence-electron chi connectivity index (χ0n) is 8.84. The molecule has 1 amide bonds. The lowest BCUT2D eigenvalue weighted by molar-refractivity contribution is -0.132. The van der Waals surface area contributed by atoms with E-state index in [4.69, 9.17) is 0 Å². The van der Waals surface area contributed by atoms with Crippen LogP contribution in [0.5, 0.6) is 0 Å². The lowest BCUT2D eigenvalue weighted by Crippen LogP contribution is -2.55. The van der Waals surface area contributed by atoms with Crippen LogP contribution in [0, 0.1) is 0 Å². The van der Waals surface area contributed by atoms with Crippen LogP contribution in [0.1, 0.15) is 33.6 Å². The van der Waals surface area contributed by atoms with Gasteiger partial charge in [-0.25, -0.2) is 0 Å². The fourth-order valence-corrected chi connectivity index (χ4v) is 1.90. The lowest BCUT2D eigenvalue weighted by atomic mass is 10.1. The standard InChI is InChI=1S/C10H20N2O/c1-4-5-10(13)12-6-8(2)11-9(3)7-12/h8-9,11H,4-7H2,1-3H3. The van der Waals surface area contributed by atoms with Gasteiger partial charge >= 0.3 is 0 Å². The first kappa shape index (κ1) is 10.5. The molecule has 0 aromatic rings. The number of nitrogens with zero attached hydrogens (tertiary/aromatic N) is 1. The second kappa shape index (κ2) is 4.61. The summed E-state index contributed by atoms with van der Waals surface area (Å²) >= 11 is 0. The van der Waals surface area contributed by atoms with Crippen molar-refractivity contribution in [3.63, 3.8) is 0 Å². The molecule has 0 spiro atoms. The van der Waals surface area contributed by atoms with Crippen LogP contribution in [0.4, 0.5) is 0 Å². The van der Waals surface area contributed by atoms with Gasteiger partial charge < -0.3 is 10.2 Å². The zero-order chi connectivity index (χ0) is 9.84. The molecular weight excluding hydrogens is 164 g/mol. The fourth-order valence-electron chi connectivity index (χ4n) is 1.90. The molecule has 13 heavy (non-hydrogen) atoms. The molecule has 76 valence electrons. The summed E-state index contributed by atoms with van der Waals surface area (Å²) in [5.41, 5.74) is 0. The van der Waals surface area contributed by atoms with Crippen molar-refractivity contribution < 1.29 is 4.79 Å². The van der Waals surface area contributed by atoms with Crippen molar-refractivity contribution in [1.82, 2.24) is 10.2 Å². The molecule has 1 heterocycles. The van der Waals surface area contributed by atoms with Gasteiger partial charge in [-0.3, -0.25) is 4.79 Å². The number of amides is 1. The van der Waals surface area contributed by atoms with Gasteiger partial charge in [0.05, 0.1) is 0 Å². The van der Waals surface area contributed by atoms with E-state index in [2.05, 4.69) is 19.2 Å². The predicted molar refractivity (Wildman–Crippen MR) is 53.5 cm³/mol. The van der Waals surface area contributed by atoms with Crippen LogP contribution in [0.3, 0.4) is 0 Å². The van der Waals surface area contributed by atoms with Crippen molar-refractivity contribution in [1.29, 1.82) is 0 Å². The highest BCUT2D eigenvalue weighted by atomic mass is 16.2. The number of piperazine rings is 1. The number of nitrogens with one attached hydrogen (secondary N) is 1. The molecule has 0 radical (unpaired) electrons. The largest absolute Gasteiger partial charge is 0.340 e. The van der Waals surface area contributed by atoms with Crippen molar-refractivity contribution in [3.8, 4) is 0 Å². The van der Waals surface area contributed by atoms with Crippen LogP contribution in [-0.2, 0) is 4.79 Å². The summed E-state index contributed by atoms with van der Waals surface area (Å²) in [6, 6.07) is 0.870. The minimum atomic E-state index is 0.308. The Kier molecular flexibility index (Phi) is 3.72. The second-order valence-corrected chi connectivity index (χ2v) is 4.02. The number of hydrogen-bond donors (Lipinski definition) is 1. The quantitative estimate of drug-likeness (QED) is 0.694. The molecule has 1 fully saturated rings. The maximum Gasteiger partial charge on any atom is 0.222 e.